The number of aromatic nitrogens is 4. The van der Waals surface area contributed by atoms with Crippen LogP contribution in [0.5, 0.6) is 11.5 Å². The van der Waals surface area contributed by atoms with E-state index in [-0.39, 0.29) is 17.2 Å². The van der Waals surface area contributed by atoms with Gasteiger partial charge < -0.3 is 9.47 Å². The molecule has 3 rings (SSSR count). The lowest BCUT2D eigenvalue weighted by molar-refractivity contribution is 0.392. The zero-order valence-corrected chi connectivity index (χ0v) is 15.0. The molecular weight excluding hydrogens is 358 g/mol. The van der Waals surface area contributed by atoms with E-state index in [4.69, 9.17) is 9.47 Å². The lowest BCUT2D eigenvalue weighted by atomic mass is 10.3. The minimum atomic E-state index is -3.83. The summed E-state index contributed by atoms with van der Waals surface area (Å²) >= 11 is 0. The zero-order valence-electron chi connectivity index (χ0n) is 14.2. The molecule has 0 saturated carbocycles. The summed E-state index contributed by atoms with van der Waals surface area (Å²) < 4.78 is 39.5. The van der Waals surface area contributed by atoms with Crippen molar-refractivity contribution in [3.8, 4) is 17.2 Å². The molecule has 136 valence electrons. The Hall–Kier alpha value is -2.98. The number of hydrogen-bond donors (Lipinski definition) is 1. The highest BCUT2D eigenvalue weighted by Gasteiger charge is 2.21. The summed E-state index contributed by atoms with van der Waals surface area (Å²) in [6.45, 7) is -0.0201. The minimum absolute atomic E-state index is 0.0131. The standard InChI is InChI=1S/C16H17N5O4S/c1-24-14-3-4-15(25-2)16(9-14)26(22,23)18-10-12-11-21(20-19-12)13-5-7-17-8-6-13/h3-9,11,18H,10H2,1-2H3. The summed E-state index contributed by atoms with van der Waals surface area (Å²) in [7, 11) is -0.966. The minimum Gasteiger partial charge on any atom is -0.497 e. The van der Waals surface area contributed by atoms with Crippen LogP contribution in [0.1, 0.15) is 5.69 Å². The van der Waals surface area contributed by atoms with E-state index >= 15 is 0 Å². The van der Waals surface area contributed by atoms with E-state index in [0.717, 1.165) is 5.69 Å². The van der Waals surface area contributed by atoms with E-state index in [1.54, 1.807) is 36.8 Å². The number of ether oxygens (including phenoxy) is 2. The van der Waals surface area contributed by atoms with Gasteiger partial charge in [0.15, 0.2) is 0 Å². The smallest absolute Gasteiger partial charge is 0.244 e. The van der Waals surface area contributed by atoms with Gasteiger partial charge in [-0.2, -0.15) is 0 Å². The molecule has 0 bridgehead atoms. The van der Waals surface area contributed by atoms with Gasteiger partial charge in [-0.15, -0.1) is 5.10 Å². The first-order valence-corrected chi connectivity index (χ1v) is 9.05. The van der Waals surface area contributed by atoms with E-state index in [1.165, 1.54) is 31.0 Å². The average Bonchev–Trinajstić information content (AvgIpc) is 3.16. The van der Waals surface area contributed by atoms with Gasteiger partial charge in [-0.05, 0) is 24.3 Å². The number of sulfonamides is 1. The summed E-state index contributed by atoms with van der Waals surface area (Å²) in [5.41, 5.74) is 1.24. The van der Waals surface area contributed by atoms with Crippen LogP contribution in [-0.2, 0) is 16.6 Å². The molecule has 0 spiro atoms. The molecule has 0 saturated heterocycles. The Bertz CT molecular complexity index is 989. The highest BCUT2D eigenvalue weighted by molar-refractivity contribution is 7.89. The molecule has 0 aliphatic carbocycles. The molecule has 26 heavy (non-hydrogen) atoms. The highest BCUT2D eigenvalue weighted by atomic mass is 32.2. The number of nitrogens with one attached hydrogen (secondary N) is 1. The van der Waals surface area contributed by atoms with Crippen molar-refractivity contribution >= 4 is 10.0 Å². The van der Waals surface area contributed by atoms with Crippen molar-refractivity contribution in [1.29, 1.82) is 0 Å². The van der Waals surface area contributed by atoms with Gasteiger partial charge in [0.05, 0.1) is 38.3 Å². The lowest BCUT2D eigenvalue weighted by Crippen LogP contribution is -2.24. The Balaban J connectivity index is 1.78. The molecule has 10 heteroatoms. The van der Waals surface area contributed by atoms with E-state index < -0.39 is 10.0 Å². The third-order valence-corrected chi connectivity index (χ3v) is 4.99. The quantitative estimate of drug-likeness (QED) is 0.660. The van der Waals surface area contributed by atoms with Crippen LogP contribution in [0.4, 0.5) is 0 Å². The molecule has 0 aliphatic heterocycles. The van der Waals surface area contributed by atoms with E-state index in [0.29, 0.717) is 11.4 Å². The molecule has 3 aromatic rings. The average molecular weight is 375 g/mol. The zero-order chi connectivity index (χ0) is 18.6. The maximum atomic E-state index is 12.6. The van der Waals surface area contributed by atoms with Crippen molar-refractivity contribution in [3.63, 3.8) is 0 Å². The Morgan fingerprint density at radius 1 is 1.12 bits per heavy atom. The molecular formula is C16H17N5O4S. The largest absolute Gasteiger partial charge is 0.497 e. The second-order valence-electron chi connectivity index (χ2n) is 5.20. The molecule has 0 atom stereocenters. The lowest BCUT2D eigenvalue weighted by Gasteiger charge is -2.11. The predicted octanol–water partition coefficient (Wildman–Crippen LogP) is 1.16. The van der Waals surface area contributed by atoms with Gasteiger partial charge in [0, 0.05) is 18.5 Å². The summed E-state index contributed by atoms with van der Waals surface area (Å²) in [5, 5.41) is 7.96. The monoisotopic (exact) mass is 375 g/mol. The summed E-state index contributed by atoms with van der Waals surface area (Å²) in [4.78, 5) is 3.92. The van der Waals surface area contributed by atoms with E-state index in [9.17, 15) is 8.42 Å². The van der Waals surface area contributed by atoms with Crippen LogP contribution in [0.25, 0.3) is 5.69 Å². The number of hydrogen-bond acceptors (Lipinski definition) is 7. The summed E-state index contributed by atoms with van der Waals surface area (Å²) in [5.74, 6) is 0.633. The Kier molecular flexibility index (Phi) is 5.14. The molecule has 2 aromatic heterocycles. The van der Waals surface area contributed by atoms with Crippen LogP contribution < -0.4 is 14.2 Å². The van der Waals surface area contributed by atoms with Gasteiger partial charge in [-0.3, -0.25) is 4.98 Å². The van der Waals surface area contributed by atoms with Crippen molar-refractivity contribution in [2.45, 2.75) is 11.4 Å². The molecule has 0 unspecified atom stereocenters. The first-order chi connectivity index (χ1) is 12.5. The highest BCUT2D eigenvalue weighted by Crippen LogP contribution is 2.28. The normalized spacial score (nSPS) is 11.3. The predicted molar refractivity (Wildman–Crippen MR) is 92.7 cm³/mol. The van der Waals surface area contributed by atoms with Gasteiger partial charge in [-0.25, -0.2) is 17.8 Å². The maximum Gasteiger partial charge on any atom is 0.244 e. The van der Waals surface area contributed by atoms with E-state index in [2.05, 4.69) is 20.0 Å². The van der Waals surface area contributed by atoms with Gasteiger partial charge in [-0.1, -0.05) is 5.21 Å². The third-order valence-electron chi connectivity index (χ3n) is 3.57. The Morgan fingerprint density at radius 3 is 2.58 bits per heavy atom. The molecule has 0 aliphatic rings. The van der Waals surface area contributed by atoms with Gasteiger partial charge >= 0.3 is 0 Å². The fourth-order valence-corrected chi connectivity index (χ4v) is 3.42. The number of methoxy groups -OCH3 is 2. The second-order valence-corrected chi connectivity index (χ2v) is 6.94. The van der Waals surface area contributed by atoms with Crippen LogP contribution in [0, 0.1) is 0 Å². The maximum absolute atomic E-state index is 12.6. The molecule has 0 amide bonds. The molecule has 0 fully saturated rings. The van der Waals surface area contributed by atoms with Crippen molar-refractivity contribution < 1.29 is 17.9 Å². The fraction of sp³-hybridized carbons (Fsp3) is 0.188. The van der Waals surface area contributed by atoms with Crippen LogP contribution in [0.15, 0.2) is 53.8 Å². The van der Waals surface area contributed by atoms with Crippen LogP contribution in [0.3, 0.4) is 0 Å². The van der Waals surface area contributed by atoms with Crippen LogP contribution in [0.2, 0.25) is 0 Å². The number of benzene rings is 1. The van der Waals surface area contributed by atoms with Crippen molar-refractivity contribution in [3.05, 3.63) is 54.6 Å². The van der Waals surface area contributed by atoms with Gasteiger partial charge in [0.1, 0.15) is 16.4 Å². The van der Waals surface area contributed by atoms with Crippen molar-refractivity contribution in [1.82, 2.24) is 24.7 Å². The fourth-order valence-electron chi connectivity index (χ4n) is 2.24. The molecule has 9 nitrogen and oxygen atoms in total. The third kappa shape index (κ3) is 3.81. The van der Waals surface area contributed by atoms with Crippen LogP contribution in [-0.4, -0.2) is 42.6 Å². The first-order valence-electron chi connectivity index (χ1n) is 7.57. The van der Waals surface area contributed by atoms with E-state index in [1.807, 2.05) is 0 Å². The van der Waals surface area contributed by atoms with Gasteiger partial charge in [0.2, 0.25) is 10.0 Å². The molecule has 2 heterocycles. The van der Waals surface area contributed by atoms with Crippen LogP contribution >= 0.6 is 0 Å². The number of nitrogens with zero attached hydrogens (tertiary/aromatic N) is 4. The molecule has 1 N–H and O–H groups in total. The van der Waals surface area contributed by atoms with Gasteiger partial charge in [0.25, 0.3) is 0 Å². The SMILES string of the molecule is COc1ccc(OC)c(S(=O)(=O)NCc2cn(-c3ccncc3)nn2)c1. The summed E-state index contributed by atoms with van der Waals surface area (Å²) in [6, 6.07) is 8.09. The number of rotatable bonds is 7. The molecule has 1 aromatic carbocycles. The number of pyridine rings is 1. The Labute approximate surface area is 150 Å². The summed E-state index contributed by atoms with van der Waals surface area (Å²) in [6.07, 6.45) is 4.91. The Morgan fingerprint density at radius 2 is 1.88 bits per heavy atom. The first kappa shape index (κ1) is 17.8. The van der Waals surface area contributed by atoms with Crippen molar-refractivity contribution in [2.75, 3.05) is 14.2 Å². The second kappa shape index (κ2) is 7.50. The van der Waals surface area contributed by atoms with Crippen molar-refractivity contribution in [2.24, 2.45) is 0 Å². The topological polar surface area (TPSA) is 108 Å². The molecule has 0 radical (unpaired) electrons.